The first-order valence-electron chi connectivity index (χ1n) is 9.02. The summed E-state index contributed by atoms with van der Waals surface area (Å²) < 4.78 is 5.43. The van der Waals surface area contributed by atoms with Crippen molar-refractivity contribution in [2.45, 2.75) is 83.7 Å². The van der Waals surface area contributed by atoms with Crippen molar-refractivity contribution in [1.82, 2.24) is 4.90 Å². The molecule has 0 radical (unpaired) electrons. The number of carbonyl (C=O) groups excluding carboxylic acids is 1. The van der Waals surface area contributed by atoms with Crippen molar-refractivity contribution in [2.75, 3.05) is 13.2 Å². The topological polar surface area (TPSA) is 55.6 Å². The van der Waals surface area contributed by atoms with Gasteiger partial charge in [0.05, 0.1) is 12.8 Å². The number of ether oxygens (including phenoxy) is 1. The number of amides is 1. The van der Waals surface area contributed by atoms with E-state index in [1.54, 1.807) is 4.90 Å². The van der Waals surface area contributed by atoms with Gasteiger partial charge in [-0.3, -0.25) is 4.90 Å². The molecule has 1 rings (SSSR count). The molecule has 4 nitrogen and oxygen atoms in total. The fourth-order valence-corrected chi connectivity index (χ4v) is 3.78. The van der Waals surface area contributed by atoms with E-state index in [9.17, 15) is 4.79 Å². The van der Waals surface area contributed by atoms with Crippen LogP contribution in [0.3, 0.4) is 0 Å². The molecular weight excluding hydrogens is 292 g/mol. The predicted molar refractivity (Wildman–Crippen MR) is 95.7 cm³/mol. The van der Waals surface area contributed by atoms with Crippen LogP contribution >= 0.6 is 0 Å². The quantitative estimate of drug-likeness (QED) is 0.530. The molecule has 1 aliphatic carbocycles. The first-order chi connectivity index (χ1) is 10.3. The molecule has 0 aliphatic heterocycles. The highest BCUT2D eigenvalue weighted by atomic mass is 28.3. The maximum absolute atomic E-state index is 12.2. The molecule has 22 heavy (non-hydrogen) atoms. The van der Waals surface area contributed by atoms with Gasteiger partial charge in [0.15, 0.2) is 0 Å². The normalized spacial score (nSPS) is 18.0. The van der Waals surface area contributed by atoms with E-state index in [0.717, 1.165) is 24.8 Å². The molecule has 0 saturated heterocycles. The Morgan fingerprint density at radius 3 is 2.45 bits per heavy atom. The zero-order chi connectivity index (χ0) is 16.6. The number of rotatable bonds is 8. The van der Waals surface area contributed by atoms with E-state index in [0.29, 0.717) is 13.2 Å². The van der Waals surface area contributed by atoms with Crippen molar-refractivity contribution < 1.29 is 9.53 Å². The fourth-order valence-electron chi connectivity index (χ4n) is 3.06. The molecule has 1 aliphatic rings. The highest BCUT2D eigenvalue weighted by Gasteiger charge is 2.23. The van der Waals surface area contributed by atoms with Crippen molar-refractivity contribution in [3.8, 4) is 0 Å². The molecule has 0 spiro atoms. The zero-order valence-corrected chi connectivity index (χ0v) is 16.1. The Labute approximate surface area is 137 Å². The summed E-state index contributed by atoms with van der Waals surface area (Å²) >= 11 is 0. The molecule has 0 bridgehead atoms. The van der Waals surface area contributed by atoms with Gasteiger partial charge >= 0.3 is 6.09 Å². The van der Waals surface area contributed by atoms with Gasteiger partial charge in [-0.2, -0.15) is 0 Å². The van der Waals surface area contributed by atoms with Crippen molar-refractivity contribution in [3.63, 3.8) is 0 Å². The van der Waals surface area contributed by atoms with E-state index in [1.807, 2.05) is 6.92 Å². The van der Waals surface area contributed by atoms with E-state index in [4.69, 9.17) is 10.5 Å². The third-order valence-corrected chi connectivity index (χ3v) is 6.35. The Hall–Kier alpha value is -0.553. The van der Waals surface area contributed by atoms with Crippen LogP contribution in [0, 0.1) is 5.92 Å². The second-order valence-electron chi connectivity index (χ2n) is 7.86. The number of hydrogen-bond acceptors (Lipinski definition) is 3. The van der Waals surface area contributed by atoms with Crippen LogP contribution in [0.15, 0.2) is 0 Å². The molecule has 1 fully saturated rings. The largest absolute Gasteiger partial charge is 0.450 e. The molecule has 1 atom stereocenters. The Morgan fingerprint density at radius 1 is 1.27 bits per heavy atom. The van der Waals surface area contributed by atoms with Crippen molar-refractivity contribution in [3.05, 3.63) is 0 Å². The summed E-state index contributed by atoms with van der Waals surface area (Å²) in [5.74, 6) is 0.807. The van der Waals surface area contributed by atoms with Crippen LogP contribution in [-0.4, -0.2) is 38.4 Å². The van der Waals surface area contributed by atoms with Crippen molar-refractivity contribution >= 4 is 14.2 Å². The SMILES string of the molecule is CCN(C(=O)OCC[Si](C)(C)C)C(N)CCC1CCCCC1. The summed E-state index contributed by atoms with van der Waals surface area (Å²) in [4.78, 5) is 13.9. The number of carbonyl (C=O) groups is 1. The van der Waals surface area contributed by atoms with Gasteiger partial charge in [-0.15, -0.1) is 0 Å². The maximum atomic E-state index is 12.2. The smallest absolute Gasteiger partial charge is 0.410 e. The predicted octanol–water partition coefficient (Wildman–Crippen LogP) is 4.43. The van der Waals surface area contributed by atoms with Crippen LogP contribution in [0.4, 0.5) is 4.79 Å². The second kappa shape index (κ2) is 9.56. The van der Waals surface area contributed by atoms with E-state index < -0.39 is 8.07 Å². The van der Waals surface area contributed by atoms with Gasteiger partial charge < -0.3 is 10.5 Å². The summed E-state index contributed by atoms with van der Waals surface area (Å²) in [5.41, 5.74) is 6.24. The monoisotopic (exact) mass is 328 g/mol. The summed E-state index contributed by atoms with van der Waals surface area (Å²) in [5, 5.41) is 0. The van der Waals surface area contributed by atoms with E-state index in [1.165, 1.54) is 32.1 Å². The van der Waals surface area contributed by atoms with Crippen LogP contribution in [0.25, 0.3) is 0 Å². The van der Waals surface area contributed by atoms with Gasteiger partial charge in [-0.1, -0.05) is 51.7 Å². The average molecular weight is 329 g/mol. The van der Waals surface area contributed by atoms with E-state index >= 15 is 0 Å². The first-order valence-corrected chi connectivity index (χ1v) is 12.7. The van der Waals surface area contributed by atoms with E-state index in [2.05, 4.69) is 19.6 Å². The minimum absolute atomic E-state index is 0.202. The standard InChI is InChI=1S/C17H36N2O2Si/c1-5-19(17(20)21-13-14-22(2,3)4)16(18)12-11-15-9-7-6-8-10-15/h15-16H,5-14,18H2,1-4H3. The Morgan fingerprint density at radius 2 is 1.91 bits per heavy atom. The van der Waals surface area contributed by atoms with Crippen LogP contribution in [0.5, 0.6) is 0 Å². The lowest BCUT2D eigenvalue weighted by atomic mass is 9.86. The zero-order valence-electron chi connectivity index (χ0n) is 15.1. The molecule has 0 aromatic heterocycles. The lowest BCUT2D eigenvalue weighted by Crippen LogP contribution is -2.46. The second-order valence-corrected chi connectivity index (χ2v) is 13.5. The third kappa shape index (κ3) is 7.63. The Bertz CT molecular complexity index is 325. The molecule has 1 amide bonds. The van der Waals surface area contributed by atoms with E-state index in [-0.39, 0.29) is 12.3 Å². The summed E-state index contributed by atoms with van der Waals surface area (Å²) in [6.45, 7) is 9.98. The van der Waals surface area contributed by atoms with Gasteiger partial charge in [0.2, 0.25) is 0 Å². The summed E-state index contributed by atoms with van der Waals surface area (Å²) in [6, 6.07) is 1.01. The van der Waals surface area contributed by atoms with Gasteiger partial charge in [0, 0.05) is 14.6 Å². The van der Waals surface area contributed by atoms with Gasteiger partial charge in [0.1, 0.15) is 0 Å². The van der Waals surface area contributed by atoms with Crippen LogP contribution < -0.4 is 5.73 Å². The Kier molecular flexibility index (Phi) is 8.47. The maximum Gasteiger partial charge on any atom is 0.410 e. The molecule has 0 heterocycles. The molecule has 0 aromatic carbocycles. The molecule has 130 valence electrons. The lowest BCUT2D eigenvalue weighted by Gasteiger charge is -2.29. The molecular formula is C17H36N2O2Si. The van der Waals surface area contributed by atoms with Crippen LogP contribution in [-0.2, 0) is 4.74 Å². The molecule has 1 unspecified atom stereocenters. The first kappa shape index (κ1) is 19.5. The summed E-state index contributed by atoms with van der Waals surface area (Å²) in [6.07, 6.45) is 8.35. The number of hydrogen-bond donors (Lipinski definition) is 1. The van der Waals surface area contributed by atoms with Gasteiger partial charge in [-0.05, 0) is 31.7 Å². The highest BCUT2D eigenvalue weighted by Crippen LogP contribution is 2.27. The highest BCUT2D eigenvalue weighted by molar-refractivity contribution is 6.76. The third-order valence-electron chi connectivity index (χ3n) is 4.65. The van der Waals surface area contributed by atoms with Gasteiger partial charge in [-0.25, -0.2) is 4.79 Å². The number of nitrogens with two attached hydrogens (primary N) is 1. The van der Waals surface area contributed by atoms with Crippen LogP contribution in [0.1, 0.15) is 51.9 Å². The molecule has 0 aromatic rings. The minimum Gasteiger partial charge on any atom is -0.450 e. The van der Waals surface area contributed by atoms with Crippen LogP contribution in [0.2, 0.25) is 25.7 Å². The average Bonchev–Trinajstić information content (AvgIpc) is 2.45. The number of nitrogens with zero attached hydrogens (tertiary/aromatic N) is 1. The fraction of sp³-hybridized carbons (Fsp3) is 0.941. The van der Waals surface area contributed by atoms with Crippen molar-refractivity contribution in [2.24, 2.45) is 11.7 Å². The molecule has 1 saturated carbocycles. The Balaban J connectivity index is 2.32. The molecule has 5 heteroatoms. The lowest BCUT2D eigenvalue weighted by molar-refractivity contribution is 0.0892. The summed E-state index contributed by atoms with van der Waals surface area (Å²) in [7, 11) is -1.16. The van der Waals surface area contributed by atoms with Gasteiger partial charge in [0.25, 0.3) is 0 Å². The molecule has 2 N–H and O–H groups in total. The van der Waals surface area contributed by atoms with Crippen molar-refractivity contribution in [1.29, 1.82) is 0 Å². The minimum atomic E-state index is -1.16.